The highest BCUT2D eigenvalue weighted by Gasteiger charge is 2.27. The zero-order valence-corrected chi connectivity index (χ0v) is 20.1. The van der Waals surface area contributed by atoms with Gasteiger partial charge in [0.2, 0.25) is 5.90 Å². The highest BCUT2D eigenvalue weighted by atomic mass is 127. The summed E-state index contributed by atoms with van der Waals surface area (Å²) in [6.45, 7) is 8.35. The first-order valence-electron chi connectivity index (χ1n) is 9.40. The molecule has 1 aliphatic rings. The van der Waals surface area contributed by atoms with Crippen LogP contribution in [0.1, 0.15) is 25.0 Å². The van der Waals surface area contributed by atoms with Crippen LogP contribution >= 0.6 is 34.2 Å². The number of benzene rings is 2. The molecular weight excluding hydrogens is 551 g/mol. The number of cyclic esters (lactones) is 1. The summed E-state index contributed by atoms with van der Waals surface area (Å²) < 4.78 is 17.5. The van der Waals surface area contributed by atoms with Crippen molar-refractivity contribution in [1.82, 2.24) is 0 Å². The summed E-state index contributed by atoms with van der Waals surface area (Å²) in [5.41, 5.74) is 1.69. The van der Waals surface area contributed by atoms with Gasteiger partial charge in [-0.15, -0.1) is 0 Å². The second kappa shape index (κ2) is 10.1. The second-order valence-corrected chi connectivity index (χ2v) is 8.34. The van der Waals surface area contributed by atoms with Crippen molar-refractivity contribution in [2.45, 2.75) is 13.8 Å². The average molecular weight is 569 g/mol. The predicted octanol–water partition coefficient (Wildman–Crippen LogP) is 5.55. The van der Waals surface area contributed by atoms with Crippen LogP contribution in [0.4, 0.5) is 5.69 Å². The third-order valence-electron chi connectivity index (χ3n) is 4.11. The van der Waals surface area contributed by atoms with Crippen molar-refractivity contribution >= 4 is 57.8 Å². The van der Waals surface area contributed by atoms with Crippen molar-refractivity contribution in [2.24, 2.45) is 4.99 Å². The molecular formula is C22H18ClIN2O6. The molecule has 0 amide bonds. The maximum absolute atomic E-state index is 12.4. The van der Waals surface area contributed by atoms with E-state index in [9.17, 15) is 14.9 Å². The summed E-state index contributed by atoms with van der Waals surface area (Å²) in [6.07, 6.45) is 1.56. The number of nitrogens with zero attached hydrogens (tertiary/aromatic N) is 2. The number of hydrogen-bond donors (Lipinski definition) is 0. The first kappa shape index (κ1) is 23.7. The lowest BCUT2D eigenvalue weighted by Gasteiger charge is -2.14. The Kier molecular flexibility index (Phi) is 7.52. The number of halogens is 2. The van der Waals surface area contributed by atoms with Crippen LogP contribution in [0.5, 0.6) is 11.5 Å². The van der Waals surface area contributed by atoms with Gasteiger partial charge in [-0.25, -0.2) is 9.79 Å². The number of esters is 1. The molecule has 0 bridgehead atoms. The van der Waals surface area contributed by atoms with Crippen LogP contribution in [0.3, 0.4) is 0 Å². The Hall–Kier alpha value is -2.92. The number of hydrogen-bond acceptors (Lipinski definition) is 7. The van der Waals surface area contributed by atoms with Gasteiger partial charge in [0.05, 0.1) is 25.7 Å². The molecule has 0 saturated heterocycles. The van der Waals surface area contributed by atoms with E-state index >= 15 is 0 Å². The molecule has 166 valence electrons. The molecule has 8 nitrogen and oxygen atoms in total. The summed E-state index contributed by atoms with van der Waals surface area (Å²) in [4.78, 5) is 26.9. The van der Waals surface area contributed by atoms with Crippen LogP contribution in [0.15, 0.2) is 53.2 Å². The van der Waals surface area contributed by atoms with E-state index in [0.29, 0.717) is 30.3 Å². The van der Waals surface area contributed by atoms with Gasteiger partial charge in [0.1, 0.15) is 6.61 Å². The normalized spacial score (nSPS) is 14.2. The van der Waals surface area contributed by atoms with E-state index in [2.05, 4.69) is 34.2 Å². The Morgan fingerprint density at radius 1 is 1.34 bits per heavy atom. The van der Waals surface area contributed by atoms with Crippen molar-refractivity contribution in [1.29, 1.82) is 0 Å². The largest absolute Gasteiger partial charge is 0.490 e. The minimum atomic E-state index is -0.662. The molecule has 10 heteroatoms. The first-order valence-corrected chi connectivity index (χ1v) is 10.9. The molecule has 0 fully saturated rings. The van der Waals surface area contributed by atoms with Crippen molar-refractivity contribution in [2.75, 3.05) is 13.2 Å². The van der Waals surface area contributed by atoms with Gasteiger partial charge < -0.3 is 14.2 Å². The lowest BCUT2D eigenvalue weighted by atomic mass is 10.1. The van der Waals surface area contributed by atoms with Gasteiger partial charge >= 0.3 is 5.97 Å². The molecule has 1 aliphatic heterocycles. The van der Waals surface area contributed by atoms with E-state index in [1.54, 1.807) is 12.1 Å². The highest BCUT2D eigenvalue weighted by Crippen LogP contribution is 2.36. The molecule has 1 heterocycles. The minimum absolute atomic E-state index is 0.0257. The van der Waals surface area contributed by atoms with E-state index in [1.165, 1.54) is 18.2 Å². The van der Waals surface area contributed by atoms with Gasteiger partial charge in [0.25, 0.3) is 5.69 Å². The molecule has 0 unspecified atom stereocenters. The van der Waals surface area contributed by atoms with E-state index in [-0.39, 0.29) is 27.9 Å². The fraction of sp³-hybridized carbons (Fsp3) is 0.182. The molecule has 0 radical (unpaired) electrons. The van der Waals surface area contributed by atoms with Crippen molar-refractivity contribution in [3.8, 4) is 11.5 Å². The smallest absolute Gasteiger partial charge is 0.363 e. The Morgan fingerprint density at radius 2 is 2.09 bits per heavy atom. The number of nitro benzene ring substituents is 1. The summed E-state index contributed by atoms with van der Waals surface area (Å²) in [5.74, 6) is 0.433. The van der Waals surface area contributed by atoms with Gasteiger partial charge in [0.15, 0.2) is 17.2 Å². The number of ether oxygens (including phenoxy) is 3. The topological polar surface area (TPSA) is 100 Å². The van der Waals surface area contributed by atoms with Gasteiger partial charge in [0, 0.05) is 12.1 Å². The Labute approximate surface area is 202 Å². The number of carbonyl (C=O) groups is 1. The van der Waals surface area contributed by atoms with E-state index in [4.69, 9.17) is 25.8 Å². The summed E-state index contributed by atoms with van der Waals surface area (Å²) in [7, 11) is 0. The van der Waals surface area contributed by atoms with Gasteiger partial charge in [-0.3, -0.25) is 10.1 Å². The molecule has 0 spiro atoms. The van der Waals surface area contributed by atoms with Crippen LogP contribution in [0, 0.1) is 13.7 Å². The fourth-order valence-electron chi connectivity index (χ4n) is 2.74. The lowest BCUT2D eigenvalue weighted by molar-refractivity contribution is -0.384. The van der Waals surface area contributed by atoms with E-state index in [0.717, 1.165) is 9.14 Å². The van der Waals surface area contributed by atoms with Gasteiger partial charge in [-0.05, 0) is 71.9 Å². The molecule has 0 saturated carbocycles. The summed E-state index contributed by atoms with van der Waals surface area (Å²) >= 11 is 8.25. The van der Waals surface area contributed by atoms with Crippen molar-refractivity contribution in [3.63, 3.8) is 0 Å². The SMILES string of the molecule is C=C(C)COc1c(I)cc(/C=C2\N=C(c3ccc([N+](=O)[O-])cc3Cl)OC2=O)cc1OCC. The van der Waals surface area contributed by atoms with Gasteiger partial charge in [-0.2, -0.15) is 0 Å². The summed E-state index contributed by atoms with van der Waals surface area (Å²) in [5, 5.41) is 10.9. The Balaban J connectivity index is 1.95. The highest BCUT2D eigenvalue weighted by molar-refractivity contribution is 14.1. The van der Waals surface area contributed by atoms with Crippen molar-refractivity contribution in [3.05, 3.63) is 78.0 Å². The maximum Gasteiger partial charge on any atom is 0.363 e. The quantitative estimate of drug-likeness (QED) is 0.103. The molecule has 32 heavy (non-hydrogen) atoms. The molecule has 2 aromatic carbocycles. The maximum atomic E-state index is 12.4. The Bertz CT molecular complexity index is 1180. The third-order valence-corrected chi connectivity index (χ3v) is 5.23. The van der Waals surface area contributed by atoms with E-state index in [1.807, 2.05) is 19.9 Å². The number of non-ortho nitro benzene ring substituents is 1. The number of carbonyl (C=O) groups excluding carboxylic acids is 1. The molecule has 0 aromatic heterocycles. The zero-order chi connectivity index (χ0) is 23.4. The molecule has 3 rings (SSSR count). The number of rotatable bonds is 8. The molecule has 2 aromatic rings. The first-order chi connectivity index (χ1) is 15.2. The lowest BCUT2D eigenvalue weighted by Crippen LogP contribution is -2.06. The van der Waals surface area contributed by atoms with Crippen LogP contribution < -0.4 is 9.47 Å². The second-order valence-electron chi connectivity index (χ2n) is 6.77. The van der Waals surface area contributed by atoms with Crippen LogP contribution in [-0.4, -0.2) is 30.0 Å². The third kappa shape index (κ3) is 5.46. The number of aliphatic imine (C=N–C) groups is 1. The summed E-state index contributed by atoms with van der Waals surface area (Å²) in [6, 6.07) is 7.39. The van der Waals surface area contributed by atoms with E-state index < -0.39 is 10.9 Å². The minimum Gasteiger partial charge on any atom is -0.490 e. The number of nitro groups is 1. The standard InChI is InChI=1S/C22H18ClIN2O6/c1-4-30-19-9-13(7-17(24)20(19)31-11-12(2)3)8-18-22(27)32-21(25-18)15-6-5-14(26(28)29)10-16(15)23/h5-10H,2,4,11H2,1,3H3/b18-8-. The Morgan fingerprint density at radius 3 is 2.72 bits per heavy atom. The van der Waals surface area contributed by atoms with Gasteiger partial charge in [-0.1, -0.05) is 18.2 Å². The fourth-order valence-corrected chi connectivity index (χ4v) is 3.78. The van der Waals surface area contributed by atoms with Crippen molar-refractivity contribution < 1.29 is 23.9 Å². The van der Waals surface area contributed by atoms with Crippen LogP contribution in [0.25, 0.3) is 6.08 Å². The molecule has 0 N–H and O–H groups in total. The van der Waals surface area contributed by atoms with Crippen LogP contribution in [0.2, 0.25) is 5.02 Å². The average Bonchev–Trinajstić information content (AvgIpc) is 3.07. The molecule has 0 aliphatic carbocycles. The monoisotopic (exact) mass is 568 g/mol. The predicted molar refractivity (Wildman–Crippen MR) is 129 cm³/mol. The molecule has 0 atom stereocenters. The van der Waals surface area contributed by atoms with Crippen LogP contribution in [-0.2, 0) is 9.53 Å². The zero-order valence-electron chi connectivity index (χ0n) is 17.2.